The molecule has 1 heterocycles. The summed E-state index contributed by atoms with van der Waals surface area (Å²) in [4.78, 5) is 14.4. The first-order valence-corrected chi connectivity index (χ1v) is 6.27. The number of Topliss-reactive ketones (excluding diaryl/α,β-unsaturated/α-hetero) is 1. The highest BCUT2D eigenvalue weighted by atomic mass is 16.1. The lowest BCUT2D eigenvalue weighted by Crippen LogP contribution is -2.32. The fourth-order valence-electron chi connectivity index (χ4n) is 2.25. The number of nitrogens with zero attached hydrogens (tertiary/aromatic N) is 1. The summed E-state index contributed by atoms with van der Waals surface area (Å²) in [6.07, 6.45) is 3.80. The first kappa shape index (κ1) is 12.1. The lowest BCUT2D eigenvalue weighted by atomic mass is 10.0. The topological polar surface area (TPSA) is 20.3 Å². The Morgan fingerprint density at radius 2 is 1.76 bits per heavy atom. The second kappa shape index (κ2) is 5.78. The molecule has 1 aromatic carbocycles. The lowest BCUT2D eigenvalue weighted by molar-refractivity contribution is 0.102. The van der Waals surface area contributed by atoms with Crippen LogP contribution in [0.5, 0.6) is 0 Å². The number of likely N-dealkylation sites (tertiary alicyclic amines) is 1. The van der Waals surface area contributed by atoms with Crippen LogP contribution in [0.1, 0.15) is 29.6 Å². The zero-order valence-electron chi connectivity index (χ0n) is 10.2. The van der Waals surface area contributed by atoms with Crippen molar-refractivity contribution in [3.05, 3.63) is 48.0 Å². The van der Waals surface area contributed by atoms with Gasteiger partial charge in [-0.05, 0) is 25.9 Å². The number of piperidine rings is 1. The van der Waals surface area contributed by atoms with E-state index in [2.05, 4.69) is 11.5 Å². The normalized spacial score (nSPS) is 16.7. The van der Waals surface area contributed by atoms with E-state index in [0.29, 0.717) is 12.1 Å². The molecule has 0 aromatic heterocycles. The van der Waals surface area contributed by atoms with Gasteiger partial charge in [-0.15, -0.1) is 0 Å². The Kier molecular flexibility index (Phi) is 4.10. The maximum absolute atomic E-state index is 12.1. The van der Waals surface area contributed by atoms with Gasteiger partial charge >= 0.3 is 0 Å². The third-order valence-corrected chi connectivity index (χ3v) is 3.22. The van der Waals surface area contributed by atoms with Crippen molar-refractivity contribution in [1.82, 2.24) is 4.90 Å². The summed E-state index contributed by atoms with van der Waals surface area (Å²) in [5.74, 6) is 0.0798. The molecular weight excluding hydrogens is 210 g/mol. The minimum absolute atomic E-state index is 0.0798. The number of hydrogen-bond acceptors (Lipinski definition) is 2. The average molecular weight is 229 g/mol. The van der Waals surface area contributed by atoms with Gasteiger partial charge in [0.25, 0.3) is 0 Å². The standard InChI is InChI=1S/C15H19NO/c1-13(12-16-10-6-3-7-11-16)15(17)14-8-4-2-5-9-14/h2,4-5,8-9H,1,3,6-7,10-12H2. The first-order valence-electron chi connectivity index (χ1n) is 6.27. The van der Waals surface area contributed by atoms with Gasteiger partial charge in [0.2, 0.25) is 0 Å². The summed E-state index contributed by atoms with van der Waals surface area (Å²) in [7, 11) is 0. The second-order valence-electron chi connectivity index (χ2n) is 4.64. The van der Waals surface area contributed by atoms with E-state index in [9.17, 15) is 4.79 Å². The highest BCUT2D eigenvalue weighted by Crippen LogP contribution is 2.13. The molecule has 0 bridgehead atoms. The predicted octanol–water partition coefficient (Wildman–Crippen LogP) is 2.91. The van der Waals surface area contributed by atoms with E-state index in [0.717, 1.165) is 18.7 Å². The molecule has 2 heteroatoms. The molecule has 0 unspecified atom stereocenters. The van der Waals surface area contributed by atoms with Crippen molar-refractivity contribution in [1.29, 1.82) is 0 Å². The fourth-order valence-corrected chi connectivity index (χ4v) is 2.25. The van der Waals surface area contributed by atoms with E-state index in [4.69, 9.17) is 0 Å². The van der Waals surface area contributed by atoms with Crippen LogP contribution in [0.4, 0.5) is 0 Å². The third kappa shape index (κ3) is 3.27. The van der Waals surface area contributed by atoms with Crippen molar-refractivity contribution in [2.75, 3.05) is 19.6 Å². The van der Waals surface area contributed by atoms with Gasteiger partial charge < -0.3 is 0 Å². The molecule has 0 saturated carbocycles. The van der Waals surface area contributed by atoms with Crippen LogP contribution in [-0.4, -0.2) is 30.3 Å². The van der Waals surface area contributed by atoms with Crippen LogP contribution in [0.25, 0.3) is 0 Å². The zero-order valence-corrected chi connectivity index (χ0v) is 10.2. The Morgan fingerprint density at radius 1 is 1.12 bits per heavy atom. The number of ketones is 1. The van der Waals surface area contributed by atoms with Crippen LogP contribution in [0.15, 0.2) is 42.5 Å². The van der Waals surface area contributed by atoms with Crippen molar-refractivity contribution in [3.8, 4) is 0 Å². The van der Waals surface area contributed by atoms with Crippen LogP contribution in [0.3, 0.4) is 0 Å². The van der Waals surface area contributed by atoms with Gasteiger partial charge in [0.1, 0.15) is 0 Å². The second-order valence-corrected chi connectivity index (χ2v) is 4.64. The molecule has 0 amide bonds. The molecule has 90 valence electrons. The van der Waals surface area contributed by atoms with E-state index in [1.54, 1.807) is 0 Å². The predicted molar refractivity (Wildman–Crippen MR) is 70.2 cm³/mol. The Morgan fingerprint density at radius 3 is 2.41 bits per heavy atom. The van der Waals surface area contributed by atoms with Crippen molar-refractivity contribution < 1.29 is 4.79 Å². The van der Waals surface area contributed by atoms with Gasteiger partial charge in [0.15, 0.2) is 5.78 Å². The van der Waals surface area contributed by atoms with Crippen molar-refractivity contribution in [2.24, 2.45) is 0 Å². The minimum atomic E-state index is 0.0798. The Bertz CT molecular complexity index is 391. The monoisotopic (exact) mass is 229 g/mol. The van der Waals surface area contributed by atoms with E-state index in [-0.39, 0.29) is 5.78 Å². The third-order valence-electron chi connectivity index (χ3n) is 3.22. The van der Waals surface area contributed by atoms with Crippen LogP contribution in [-0.2, 0) is 0 Å². The number of rotatable bonds is 4. The molecule has 0 radical (unpaired) electrons. The summed E-state index contributed by atoms with van der Waals surface area (Å²) < 4.78 is 0. The number of carbonyl (C=O) groups excluding carboxylic acids is 1. The van der Waals surface area contributed by atoms with Gasteiger partial charge in [-0.25, -0.2) is 0 Å². The SMILES string of the molecule is C=C(CN1CCCCC1)C(=O)c1ccccc1. The fraction of sp³-hybridized carbons (Fsp3) is 0.400. The summed E-state index contributed by atoms with van der Waals surface area (Å²) in [6.45, 7) is 6.85. The van der Waals surface area contributed by atoms with Crippen LogP contribution in [0.2, 0.25) is 0 Å². The highest BCUT2D eigenvalue weighted by Gasteiger charge is 2.15. The van der Waals surface area contributed by atoms with Gasteiger partial charge in [-0.1, -0.05) is 43.3 Å². The maximum Gasteiger partial charge on any atom is 0.189 e. The van der Waals surface area contributed by atoms with Crippen LogP contribution >= 0.6 is 0 Å². The summed E-state index contributed by atoms with van der Waals surface area (Å²) in [6, 6.07) is 9.40. The molecule has 1 aromatic rings. The average Bonchev–Trinajstić information content (AvgIpc) is 2.40. The van der Waals surface area contributed by atoms with Crippen LogP contribution < -0.4 is 0 Å². The minimum Gasteiger partial charge on any atom is -0.299 e. The highest BCUT2D eigenvalue weighted by molar-refractivity contribution is 6.08. The molecule has 1 aliphatic heterocycles. The van der Waals surface area contributed by atoms with E-state index in [1.165, 1.54) is 19.3 Å². The Labute approximate surface area is 103 Å². The number of carbonyl (C=O) groups is 1. The summed E-state index contributed by atoms with van der Waals surface area (Å²) in [5.41, 5.74) is 1.45. The van der Waals surface area contributed by atoms with Crippen molar-refractivity contribution in [3.63, 3.8) is 0 Å². The molecule has 1 aliphatic rings. The molecular formula is C15H19NO. The largest absolute Gasteiger partial charge is 0.299 e. The van der Waals surface area contributed by atoms with Gasteiger partial charge in [-0.2, -0.15) is 0 Å². The molecule has 0 N–H and O–H groups in total. The maximum atomic E-state index is 12.1. The molecule has 0 atom stereocenters. The molecule has 17 heavy (non-hydrogen) atoms. The van der Waals surface area contributed by atoms with Gasteiger partial charge in [0, 0.05) is 17.7 Å². The lowest BCUT2D eigenvalue weighted by Gasteiger charge is -2.26. The zero-order chi connectivity index (χ0) is 12.1. The van der Waals surface area contributed by atoms with Gasteiger partial charge in [-0.3, -0.25) is 9.69 Å². The Hall–Kier alpha value is -1.41. The first-order chi connectivity index (χ1) is 8.27. The van der Waals surface area contributed by atoms with E-state index in [1.807, 2.05) is 30.3 Å². The molecule has 2 nitrogen and oxygen atoms in total. The molecule has 1 fully saturated rings. The molecule has 0 aliphatic carbocycles. The van der Waals surface area contributed by atoms with Crippen LogP contribution in [0, 0.1) is 0 Å². The van der Waals surface area contributed by atoms with Gasteiger partial charge in [0.05, 0.1) is 0 Å². The molecule has 0 spiro atoms. The number of hydrogen-bond donors (Lipinski definition) is 0. The summed E-state index contributed by atoms with van der Waals surface area (Å²) >= 11 is 0. The van der Waals surface area contributed by atoms with Crippen molar-refractivity contribution >= 4 is 5.78 Å². The quantitative estimate of drug-likeness (QED) is 0.584. The molecule has 1 saturated heterocycles. The summed E-state index contributed by atoms with van der Waals surface area (Å²) in [5, 5.41) is 0. The Balaban J connectivity index is 1.93. The van der Waals surface area contributed by atoms with E-state index >= 15 is 0 Å². The molecule has 2 rings (SSSR count). The van der Waals surface area contributed by atoms with Crippen molar-refractivity contribution in [2.45, 2.75) is 19.3 Å². The number of benzene rings is 1. The smallest absolute Gasteiger partial charge is 0.189 e. The van der Waals surface area contributed by atoms with E-state index < -0.39 is 0 Å².